The van der Waals surface area contributed by atoms with Crippen LogP contribution in [0, 0.1) is 0 Å². The summed E-state index contributed by atoms with van der Waals surface area (Å²) < 4.78 is 6.19. The molecule has 0 aliphatic heterocycles. The Morgan fingerprint density at radius 1 is 1.36 bits per heavy atom. The van der Waals surface area contributed by atoms with Gasteiger partial charge in [0.15, 0.2) is 0 Å². The van der Waals surface area contributed by atoms with Crippen molar-refractivity contribution in [1.29, 1.82) is 0 Å². The summed E-state index contributed by atoms with van der Waals surface area (Å²) >= 11 is 7.38. The van der Waals surface area contributed by atoms with Crippen LogP contribution in [-0.4, -0.2) is 6.54 Å². The zero-order valence-electron chi connectivity index (χ0n) is 7.50. The number of hydrogen-bond donors (Lipinski definition) is 1. The summed E-state index contributed by atoms with van der Waals surface area (Å²) in [5.74, 6) is 0.896. The molecule has 2 N–H and O–H groups in total. The van der Waals surface area contributed by atoms with Gasteiger partial charge in [-0.25, -0.2) is 0 Å². The fourth-order valence-corrected chi connectivity index (χ4v) is 2.41. The van der Waals surface area contributed by atoms with Crippen molar-refractivity contribution in [2.24, 2.45) is 5.73 Å². The Bertz CT molecular complexity index is 421. The highest BCUT2D eigenvalue weighted by atomic mass is 35.5. The maximum Gasteiger partial charge on any atom is 0.147 e. The smallest absolute Gasteiger partial charge is 0.147 e. The molecule has 0 aromatic carbocycles. The lowest BCUT2D eigenvalue weighted by Gasteiger charge is -1.96. The van der Waals surface area contributed by atoms with E-state index >= 15 is 0 Å². The van der Waals surface area contributed by atoms with Crippen molar-refractivity contribution in [2.45, 2.75) is 6.42 Å². The summed E-state index contributed by atoms with van der Waals surface area (Å²) in [6.07, 6.45) is 2.52. The van der Waals surface area contributed by atoms with Crippen molar-refractivity contribution < 1.29 is 4.42 Å². The van der Waals surface area contributed by atoms with Gasteiger partial charge in [-0.15, -0.1) is 11.3 Å². The zero-order chi connectivity index (χ0) is 9.97. The van der Waals surface area contributed by atoms with Gasteiger partial charge in [-0.1, -0.05) is 11.6 Å². The molecule has 0 radical (unpaired) electrons. The lowest BCUT2D eigenvalue weighted by molar-refractivity contribution is 0.581. The topological polar surface area (TPSA) is 39.2 Å². The lowest BCUT2D eigenvalue weighted by Crippen LogP contribution is -2.02. The first-order valence-corrected chi connectivity index (χ1v) is 5.53. The highest BCUT2D eigenvalue weighted by Crippen LogP contribution is 2.33. The molecule has 2 aromatic rings. The first-order chi connectivity index (χ1) is 6.81. The number of thiophene rings is 1. The van der Waals surface area contributed by atoms with Crippen LogP contribution in [0.4, 0.5) is 0 Å². The molecule has 0 spiro atoms. The molecule has 74 valence electrons. The van der Waals surface area contributed by atoms with Crippen LogP contribution in [0.5, 0.6) is 0 Å². The number of furan rings is 1. The zero-order valence-corrected chi connectivity index (χ0v) is 9.07. The molecule has 14 heavy (non-hydrogen) atoms. The molecule has 2 heterocycles. The summed E-state index contributed by atoms with van der Waals surface area (Å²) in [4.78, 5) is 1.06. The van der Waals surface area contributed by atoms with Gasteiger partial charge in [0.25, 0.3) is 0 Å². The Labute approximate surface area is 91.3 Å². The minimum absolute atomic E-state index is 0.631. The minimum Gasteiger partial charge on any atom is -0.463 e. The van der Waals surface area contributed by atoms with Gasteiger partial charge in [-0.3, -0.25) is 0 Å². The van der Waals surface area contributed by atoms with Gasteiger partial charge in [-0.05, 0) is 31.2 Å². The third kappa shape index (κ3) is 1.85. The lowest BCUT2D eigenvalue weighted by atomic mass is 10.1. The van der Waals surface area contributed by atoms with E-state index in [1.807, 2.05) is 18.2 Å². The van der Waals surface area contributed by atoms with Crippen LogP contribution in [0.25, 0.3) is 10.6 Å². The molecule has 0 amide bonds. The molecule has 2 nitrogen and oxygen atoms in total. The van der Waals surface area contributed by atoms with E-state index in [0.29, 0.717) is 6.54 Å². The van der Waals surface area contributed by atoms with E-state index in [-0.39, 0.29) is 0 Å². The fourth-order valence-electron chi connectivity index (χ4n) is 1.34. The van der Waals surface area contributed by atoms with Gasteiger partial charge in [0.05, 0.1) is 15.5 Å². The second kappa shape index (κ2) is 4.17. The predicted molar refractivity (Wildman–Crippen MR) is 59.8 cm³/mol. The van der Waals surface area contributed by atoms with Gasteiger partial charge in [0.1, 0.15) is 5.76 Å². The van der Waals surface area contributed by atoms with Gasteiger partial charge < -0.3 is 10.2 Å². The molecule has 0 unspecified atom stereocenters. The molecule has 0 aliphatic rings. The quantitative estimate of drug-likeness (QED) is 0.875. The highest BCUT2D eigenvalue weighted by molar-refractivity contribution is 7.19. The van der Waals surface area contributed by atoms with E-state index in [0.717, 1.165) is 27.0 Å². The van der Waals surface area contributed by atoms with E-state index in [4.69, 9.17) is 21.8 Å². The molecule has 0 aliphatic carbocycles. The normalized spacial score (nSPS) is 10.7. The van der Waals surface area contributed by atoms with E-state index in [2.05, 4.69) is 0 Å². The van der Waals surface area contributed by atoms with Crippen LogP contribution >= 0.6 is 22.9 Å². The fraction of sp³-hybridized carbons (Fsp3) is 0.200. The average molecular weight is 228 g/mol. The van der Waals surface area contributed by atoms with Gasteiger partial charge in [-0.2, -0.15) is 0 Å². The second-order valence-corrected chi connectivity index (χ2v) is 4.63. The number of halogens is 1. The predicted octanol–water partition coefficient (Wildman–Crippen LogP) is 3.16. The molecule has 0 saturated carbocycles. The molecule has 0 fully saturated rings. The van der Waals surface area contributed by atoms with E-state index in [1.165, 1.54) is 11.3 Å². The number of nitrogens with two attached hydrogens (primary N) is 1. The Morgan fingerprint density at radius 3 is 2.86 bits per heavy atom. The van der Waals surface area contributed by atoms with Crippen LogP contribution in [-0.2, 0) is 6.42 Å². The number of hydrogen-bond acceptors (Lipinski definition) is 3. The second-order valence-electron chi connectivity index (χ2n) is 2.92. The number of rotatable bonds is 3. The maximum absolute atomic E-state index is 5.86. The van der Waals surface area contributed by atoms with Gasteiger partial charge in [0.2, 0.25) is 0 Å². The highest BCUT2D eigenvalue weighted by Gasteiger charge is 2.10. The minimum atomic E-state index is 0.631. The van der Waals surface area contributed by atoms with Crippen LogP contribution in [0.15, 0.2) is 28.9 Å². The van der Waals surface area contributed by atoms with Crippen LogP contribution in [0.2, 0.25) is 4.34 Å². The van der Waals surface area contributed by atoms with Crippen molar-refractivity contribution >= 4 is 22.9 Å². The van der Waals surface area contributed by atoms with Crippen molar-refractivity contribution in [2.75, 3.05) is 6.54 Å². The Morgan fingerprint density at radius 2 is 2.21 bits per heavy atom. The first-order valence-electron chi connectivity index (χ1n) is 4.33. The van der Waals surface area contributed by atoms with Crippen molar-refractivity contribution in [1.82, 2.24) is 0 Å². The van der Waals surface area contributed by atoms with Crippen LogP contribution in [0.3, 0.4) is 0 Å². The SMILES string of the molecule is NCCc1ccoc1-c1ccc(Cl)s1. The maximum atomic E-state index is 5.86. The summed E-state index contributed by atoms with van der Waals surface area (Å²) in [5, 5.41) is 0. The summed E-state index contributed by atoms with van der Waals surface area (Å²) in [5.41, 5.74) is 6.65. The molecule has 0 saturated heterocycles. The third-order valence-corrected chi connectivity index (χ3v) is 3.19. The molecule has 2 aromatic heterocycles. The van der Waals surface area contributed by atoms with E-state index in [9.17, 15) is 0 Å². The third-order valence-electron chi connectivity index (χ3n) is 1.96. The average Bonchev–Trinajstić information content (AvgIpc) is 2.74. The standard InChI is InChI=1S/C10H10ClNOS/c11-9-2-1-8(14-9)10-7(3-5-12)4-6-13-10/h1-2,4,6H,3,5,12H2. The monoisotopic (exact) mass is 227 g/mol. The first kappa shape index (κ1) is 9.77. The summed E-state index contributed by atoms with van der Waals surface area (Å²) in [6, 6.07) is 5.79. The van der Waals surface area contributed by atoms with Gasteiger partial charge >= 0.3 is 0 Å². The molecule has 2 rings (SSSR count). The van der Waals surface area contributed by atoms with E-state index < -0.39 is 0 Å². The molecular weight excluding hydrogens is 218 g/mol. The van der Waals surface area contributed by atoms with E-state index in [1.54, 1.807) is 6.26 Å². The van der Waals surface area contributed by atoms with Crippen molar-refractivity contribution in [3.63, 3.8) is 0 Å². The van der Waals surface area contributed by atoms with Gasteiger partial charge in [0, 0.05) is 5.56 Å². The van der Waals surface area contributed by atoms with Crippen molar-refractivity contribution in [3.05, 3.63) is 34.4 Å². The largest absolute Gasteiger partial charge is 0.463 e. The Hall–Kier alpha value is -0.770. The molecule has 0 bridgehead atoms. The molecular formula is C10H10ClNOS. The molecule has 4 heteroatoms. The van der Waals surface area contributed by atoms with Crippen LogP contribution < -0.4 is 5.73 Å². The Balaban J connectivity index is 2.36. The van der Waals surface area contributed by atoms with Crippen molar-refractivity contribution in [3.8, 4) is 10.6 Å². The Kier molecular flexibility index (Phi) is 2.91. The summed E-state index contributed by atoms with van der Waals surface area (Å²) in [7, 11) is 0. The molecule has 0 atom stereocenters. The summed E-state index contributed by atoms with van der Waals surface area (Å²) in [6.45, 7) is 0.631. The van der Waals surface area contributed by atoms with Crippen LogP contribution in [0.1, 0.15) is 5.56 Å².